The fourth-order valence-electron chi connectivity index (χ4n) is 3.59. The van der Waals surface area contributed by atoms with Crippen LogP contribution < -0.4 is 0 Å². The van der Waals surface area contributed by atoms with Crippen molar-refractivity contribution in [3.63, 3.8) is 0 Å². The zero-order valence-electron chi connectivity index (χ0n) is 22.9. The second kappa shape index (κ2) is 12.3. The standard InChI is InChI=1S/C29H45NO4Si/c1-28(2,3)34-27(32)19-26(31)25(22-33-35(7,8)29(4,5)6)30(20-23-15-11-9-12-16-23)21-24-17-13-10-14-18-24/h9-18,25-26,31H,19-22H2,1-8H3/t25-,26+/m0/s1. The van der Waals surface area contributed by atoms with E-state index in [1.54, 1.807) is 0 Å². The van der Waals surface area contributed by atoms with E-state index < -0.39 is 26.0 Å². The van der Waals surface area contributed by atoms with Crippen molar-refractivity contribution in [1.29, 1.82) is 0 Å². The lowest BCUT2D eigenvalue weighted by atomic mass is 10.0. The van der Waals surface area contributed by atoms with Gasteiger partial charge in [0.05, 0.1) is 25.2 Å². The first-order chi connectivity index (χ1) is 16.2. The molecule has 2 aromatic carbocycles. The lowest BCUT2D eigenvalue weighted by Crippen LogP contribution is -2.51. The van der Waals surface area contributed by atoms with E-state index in [0.717, 1.165) is 11.1 Å². The first kappa shape index (κ1) is 29.2. The maximum absolute atomic E-state index is 12.6. The number of rotatable bonds is 11. The highest BCUT2D eigenvalue weighted by atomic mass is 28.4. The molecule has 0 aliphatic rings. The maximum atomic E-state index is 12.6. The summed E-state index contributed by atoms with van der Waals surface area (Å²) in [5, 5.41) is 11.4. The average Bonchev–Trinajstić information content (AvgIpc) is 2.73. The summed E-state index contributed by atoms with van der Waals surface area (Å²) in [6.07, 6.45) is -1.01. The van der Waals surface area contributed by atoms with Crippen LogP contribution in [0.5, 0.6) is 0 Å². The Morgan fingerprint density at radius 1 is 0.886 bits per heavy atom. The van der Waals surface area contributed by atoms with Crippen molar-refractivity contribution in [3.05, 3.63) is 71.8 Å². The van der Waals surface area contributed by atoms with E-state index in [1.807, 2.05) is 57.2 Å². The second-order valence-electron chi connectivity index (χ2n) is 11.9. The summed E-state index contributed by atoms with van der Waals surface area (Å²) < 4.78 is 12.1. The molecular formula is C29H45NO4Si. The van der Waals surface area contributed by atoms with Crippen LogP contribution in [0.15, 0.2) is 60.7 Å². The Bertz CT molecular complexity index is 862. The zero-order valence-corrected chi connectivity index (χ0v) is 23.9. The van der Waals surface area contributed by atoms with Crippen molar-refractivity contribution >= 4 is 14.3 Å². The summed E-state index contributed by atoms with van der Waals surface area (Å²) in [5.41, 5.74) is 1.69. The van der Waals surface area contributed by atoms with Crippen LogP contribution in [0, 0.1) is 0 Å². The average molecular weight is 500 g/mol. The van der Waals surface area contributed by atoms with Gasteiger partial charge in [-0.3, -0.25) is 9.69 Å². The molecule has 0 heterocycles. The van der Waals surface area contributed by atoms with Gasteiger partial charge in [0, 0.05) is 13.1 Å². The minimum Gasteiger partial charge on any atom is -0.460 e. The summed E-state index contributed by atoms with van der Waals surface area (Å²) >= 11 is 0. The number of ether oxygens (including phenoxy) is 1. The third kappa shape index (κ3) is 9.88. The molecule has 0 unspecified atom stereocenters. The van der Waals surface area contributed by atoms with E-state index in [4.69, 9.17) is 9.16 Å². The summed E-state index contributed by atoms with van der Waals surface area (Å²) in [6.45, 7) is 18.2. The molecule has 0 fully saturated rings. The van der Waals surface area contributed by atoms with Gasteiger partial charge in [0.2, 0.25) is 0 Å². The molecule has 0 bridgehead atoms. The first-order valence-electron chi connectivity index (χ1n) is 12.5. The minimum atomic E-state index is -2.08. The van der Waals surface area contributed by atoms with Gasteiger partial charge < -0.3 is 14.3 Å². The molecule has 0 aromatic heterocycles. The molecule has 0 saturated heterocycles. The van der Waals surface area contributed by atoms with Crippen LogP contribution in [0.2, 0.25) is 18.1 Å². The predicted octanol–water partition coefficient (Wildman–Crippen LogP) is 6.17. The highest BCUT2D eigenvalue weighted by Crippen LogP contribution is 2.37. The largest absolute Gasteiger partial charge is 0.460 e. The third-order valence-corrected chi connectivity index (χ3v) is 11.1. The van der Waals surface area contributed by atoms with Crippen LogP contribution in [0.25, 0.3) is 0 Å². The highest BCUT2D eigenvalue weighted by Gasteiger charge is 2.39. The fraction of sp³-hybridized carbons (Fsp3) is 0.552. The highest BCUT2D eigenvalue weighted by molar-refractivity contribution is 6.74. The Morgan fingerprint density at radius 3 is 1.74 bits per heavy atom. The minimum absolute atomic E-state index is 0.0390. The van der Waals surface area contributed by atoms with Crippen molar-refractivity contribution in [1.82, 2.24) is 4.90 Å². The Labute approximate surface area is 213 Å². The molecule has 35 heavy (non-hydrogen) atoms. The second-order valence-corrected chi connectivity index (χ2v) is 16.7. The van der Waals surface area contributed by atoms with E-state index in [9.17, 15) is 9.90 Å². The Morgan fingerprint density at radius 2 is 1.34 bits per heavy atom. The summed E-state index contributed by atoms with van der Waals surface area (Å²) in [7, 11) is -2.08. The quantitative estimate of drug-likeness (QED) is 0.296. The molecule has 0 spiro atoms. The molecule has 0 aliphatic heterocycles. The summed E-state index contributed by atoms with van der Waals surface area (Å²) in [4.78, 5) is 14.9. The molecule has 2 atom stereocenters. The molecule has 1 N–H and O–H groups in total. The smallest absolute Gasteiger partial charge is 0.308 e. The van der Waals surface area contributed by atoms with Gasteiger partial charge >= 0.3 is 5.97 Å². The van der Waals surface area contributed by atoms with Gasteiger partial charge in [-0.15, -0.1) is 0 Å². The van der Waals surface area contributed by atoms with Crippen molar-refractivity contribution in [2.24, 2.45) is 0 Å². The molecule has 5 nitrogen and oxygen atoms in total. The number of hydrogen-bond donors (Lipinski definition) is 1. The van der Waals surface area contributed by atoms with Crippen molar-refractivity contribution in [3.8, 4) is 0 Å². The first-order valence-corrected chi connectivity index (χ1v) is 15.4. The molecule has 0 saturated carbocycles. The van der Waals surface area contributed by atoms with E-state index in [2.05, 4.69) is 63.0 Å². The van der Waals surface area contributed by atoms with Gasteiger partial charge in [-0.05, 0) is 50.0 Å². The van der Waals surface area contributed by atoms with Crippen LogP contribution in [-0.4, -0.2) is 48.6 Å². The Balaban J connectivity index is 2.36. The lowest BCUT2D eigenvalue weighted by molar-refractivity contribution is -0.158. The molecule has 2 rings (SSSR count). The van der Waals surface area contributed by atoms with Gasteiger partial charge in [-0.25, -0.2) is 0 Å². The van der Waals surface area contributed by atoms with Crippen LogP contribution >= 0.6 is 0 Å². The number of hydrogen-bond acceptors (Lipinski definition) is 5. The summed E-state index contributed by atoms with van der Waals surface area (Å²) in [6, 6.07) is 20.1. The van der Waals surface area contributed by atoms with Gasteiger partial charge in [-0.2, -0.15) is 0 Å². The van der Waals surface area contributed by atoms with Crippen molar-refractivity contribution in [2.75, 3.05) is 6.61 Å². The number of aliphatic hydroxyl groups excluding tert-OH is 1. The number of nitrogens with zero attached hydrogens (tertiary/aromatic N) is 1. The van der Waals surface area contributed by atoms with Crippen LogP contribution in [0.3, 0.4) is 0 Å². The van der Waals surface area contributed by atoms with Crippen molar-refractivity contribution < 1.29 is 19.1 Å². The van der Waals surface area contributed by atoms with Crippen LogP contribution in [-0.2, 0) is 27.0 Å². The molecule has 2 aromatic rings. The Kier molecular flexibility index (Phi) is 10.3. The monoisotopic (exact) mass is 499 g/mol. The molecule has 6 heteroatoms. The summed E-state index contributed by atoms with van der Waals surface area (Å²) in [5.74, 6) is -0.401. The molecule has 0 amide bonds. The Hall–Kier alpha value is -1.99. The van der Waals surface area contributed by atoms with Gasteiger partial charge in [-0.1, -0.05) is 81.4 Å². The molecule has 0 radical (unpaired) electrons. The van der Waals surface area contributed by atoms with Crippen LogP contribution in [0.4, 0.5) is 0 Å². The van der Waals surface area contributed by atoms with E-state index in [-0.39, 0.29) is 17.5 Å². The topological polar surface area (TPSA) is 59.0 Å². The van der Waals surface area contributed by atoms with Crippen molar-refractivity contribution in [2.45, 2.75) is 96.9 Å². The number of esters is 1. The van der Waals surface area contributed by atoms with Gasteiger partial charge in [0.15, 0.2) is 8.32 Å². The van der Waals surface area contributed by atoms with E-state index in [0.29, 0.717) is 19.7 Å². The zero-order chi connectivity index (χ0) is 26.3. The molecular weight excluding hydrogens is 454 g/mol. The van der Waals surface area contributed by atoms with E-state index in [1.165, 1.54) is 0 Å². The van der Waals surface area contributed by atoms with Gasteiger partial charge in [0.25, 0.3) is 0 Å². The lowest BCUT2D eigenvalue weighted by Gasteiger charge is -2.41. The van der Waals surface area contributed by atoms with E-state index >= 15 is 0 Å². The predicted molar refractivity (Wildman–Crippen MR) is 146 cm³/mol. The molecule has 0 aliphatic carbocycles. The number of carbonyl (C=O) groups excluding carboxylic acids is 1. The number of benzene rings is 2. The maximum Gasteiger partial charge on any atom is 0.308 e. The fourth-order valence-corrected chi connectivity index (χ4v) is 4.61. The number of aliphatic hydroxyl groups is 1. The third-order valence-electron chi connectivity index (χ3n) is 6.59. The number of carbonyl (C=O) groups is 1. The van der Waals surface area contributed by atoms with Gasteiger partial charge in [0.1, 0.15) is 5.60 Å². The normalized spacial score (nSPS) is 14.6. The van der Waals surface area contributed by atoms with Crippen LogP contribution in [0.1, 0.15) is 59.1 Å². The SMILES string of the molecule is CC(C)(C)OC(=O)C[C@@H](O)[C@H](CO[Si](C)(C)C(C)(C)C)N(Cc1ccccc1)Cc1ccccc1. The molecule has 194 valence electrons.